The molecule has 0 unspecified atom stereocenters. The summed E-state index contributed by atoms with van der Waals surface area (Å²) < 4.78 is 25.5. The Labute approximate surface area is 76.8 Å². The summed E-state index contributed by atoms with van der Waals surface area (Å²) in [7, 11) is 1.71. The third kappa shape index (κ3) is 3.51. The van der Waals surface area contributed by atoms with E-state index in [0.717, 1.165) is 5.56 Å². The first-order chi connectivity index (χ1) is 6.22. The van der Waals surface area contributed by atoms with Crippen molar-refractivity contribution in [2.45, 2.75) is 12.6 Å². The zero-order chi connectivity index (χ0) is 9.68. The van der Waals surface area contributed by atoms with Crippen LogP contribution < -0.4 is 5.32 Å². The van der Waals surface area contributed by atoms with Gasteiger partial charge in [0.1, 0.15) is 12.0 Å². The Kier molecular flexibility index (Phi) is 3.83. The molecule has 1 rings (SSSR count). The summed E-state index contributed by atoms with van der Waals surface area (Å²) >= 11 is 0. The summed E-state index contributed by atoms with van der Waals surface area (Å²) in [6.07, 6.45) is -0.573. The molecule has 1 atom stereocenters. The molecule has 3 heteroatoms. The molecule has 0 saturated heterocycles. The fourth-order valence-corrected chi connectivity index (χ4v) is 1.17. The number of rotatable bonds is 4. The molecule has 0 aromatic heterocycles. The van der Waals surface area contributed by atoms with E-state index in [0.29, 0.717) is 13.0 Å². The van der Waals surface area contributed by atoms with Gasteiger partial charge in [0.25, 0.3) is 0 Å². The quantitative estimate of drug-likeness (QED) is 0.755. The molecule has 1 aromatic carbocycles. The van der Waals surface area contributed by atoms with Crippen molar-refractivity contribution >= 4 is 0 Å². The van der Waals surface area contributed by atoms with Crippen molar-refractivity contribution < 1.29 is 8.78 Å². The Balaban J connectivity index is 2.49. The number of hydrogen-bond acceptors (Lipinski definition) is 1. The molecule has 0 aliphatic heterocycles. The van der Waals surface area contributed by atoms with Crippen molar-refractivity contribution in [1.82, 2.24) is 5.32 Å². The molecular weight excluding hydrogens is 172 g/mol. The van der Waals surface area contributed by atoms with Gasteiger partial charge in [-0.05, 0) is 24.7 Å². The molecule has 0 aliphatic rings. The zero-order valence-electron chi connectivity index (χ0n) is 7.56. The lowest BCUT2D eigenvalue weighted by Crippen LogP contribution is -2.21. The standard InChI is InChI=1S/C10H13F2N/c1-13-7-10(12)6-8-2-4-9(11)5-3-8/h2-5,10,13H,6-7H2,1H3/t10-/m1/s1. The summed E-state index contributed by atoms with van der Waals surface area (Å²) in [4.78, 5) is 0. The third-order valence-corrected chi connectivity index (χ3v) is 1.80. The van der Waals surface area contributed by atoms with Crippen LogP contribution in [0.4, 0.5) is 8.78 Å². The van der Waals surface area contributed by atoms with Gasteiger partial charge in [-0.3, -0.25) is 0 Å². The fraction of sp³-hybridized carbons (Fsp3) is 0.400. The van der Waals surface area contributed by atoms with E-state index in [-0.39, 0.29) is 5.82 Å². The highest BCUT2D eigenvalue weighted by atomic mass is 19.1. The van der Waals surface area contributed by atoms with Crippen LogP contribution >= 0.6 is 0 Å². The molecule has 0 amide bonds. The van der Waals surface area contributed by atoms with Crippen LogP contribution in [0.1, 0.15) is 5.56 Å². The average molecular weight is 185 g/mol. The van der Waals surface area contributed by atoms with Gasteiger partial charge in [0.15, 0.2) is 0 Å². The first-order valence-electron chi connectivity index (χ1n) is 4.25. The maximum absolute atomic E-state index is 13.0. The van der Waals surface area contributed by atoms with Crippen LogP contribution in [0.2, 0.25) is 0 Å². The predicted molar refractivity (Wildman–Crippen MR) is 48.9 cm³/mol. The normalized spacial score (nSPS) is 12.8. The van der Waals surface area contributed by atoms with Gasteiger partial charge in [0.05, 0.1) is 0 Å². The number of halogens is 2. The molecule has 1 N–H and O–H groups in total. The van der Waals surface area contributed by atoms with Crippen molar-refractivity contribution in [3.05, 3.63) is 35.6 Å². The van der Waals surface area contributed by atoms with Crippen molar-refractivity contribution in [3.8, 4) is 0 Å². The lowest BCUT2D eigenvalue weighted by atomic mass is 10.1. The topological polar surface area (TPSA) is 12.0 Å². The average Bonchev–Trinajstić information content (AvgIpc) is 2.09. The number of alkyl halides is 1. The lowest BCUT2D eigenvalue weighted by molar-refractivity contribution is 0.324. The third-order valence-electron chi connectivity index (χ3n) is 1.80. The highest BCUT2D eigenvalue weighted by molar-refractivity contribution is 5.16. The van der Waals surface area contributed by atoms with E-state index in [1.165, 1.54) is 12.1 Å². The van der Waals surface area contributed by atoms with Gasteiger partial charge in [0.2, 0.25) is 0 Å². The largest absolute Gasteiger partial charge is 0.317 e. The predicted octanol–water partition coefficient (Wildman–Crippen LogP) is 1.93. The number of nitrogens with one attached hydrogen (secondary N) is 1. The van der Waals surface area contributed by atoms with Crippen molar-refractivity contribution in [2.24, 2.45) is 0 Å². The summed E-state index contributed by atoms with van der Waals surface area (Å²) in [5.74, 6) is -0.284. The van der Waals surface area contributed by atoms with E-state index in [4.69, 9.17) is 0 Å². The fourth-order valence-electron chi connectivity index (χ4n) is 1.17. The van der Waals surface area contributed by atoms with Gasteiger partial charge >= 0.3 is 0 Å². The van der Waals surface area contributed by atoms with Gasteiger partial charge in [-0.25, -0.2) is 8.78 Å². The van der Waals surface area contributed by atoms with E-state index < -0.39 is 6.17 Å². The van der Waals surface area contributed by atoms with E-state index in [1.807, 2.05) is 0 Å². The first kappa shape index (κ1) is 10.1. The van der Waals surface area contributed by atoms with Gasteiger partial charge in [-0.15, -0.1) is 0 Å². The molecule has 1 aromatic rings. The highest BCUT2D eigenvalue weighted by Crippen LogP contribution is 2.07. The van der Waals surface area contributed by atoms with Gasteiger partial charge < -0.3 is 5.32 Å². The summed E-state index contributed by atoms with van der Waals surface area (Å²) in [6, 6.07) is 5.91. The summed E-state index contributed by atoms with van der Waals surface area (Å²) in [6.45, 7) is 0.331. The minimum atomic E-state index is -0.907. The van der Waals surface area contributed by atoms with Crippen LogP contribution in [0.3, 0.4) is 0 Å². The van der Waals surface area contributed by atoms with Gasteiger partial charge in [0, 0.05) is 13.0 Å². The molecule has 13 heavy (non-hydrogen) atoms. The van der Waals surface area contributed by atoms with E-state index in [9.17, 15) is 8.78 Å². The SMILES string of the molecule is CNC[C@H](F)Cc1ccc(F)cc1. The maximum Gasteiger partial charge on any atom is 0.123 e. The van der Waals surface area contributed by atoms with Crippen LogP contribution in [-0.2, 0) is 6.42 Å². The van der Waals surface area contributed by atoms with E-state index in [1.54, 1.807) is 19.2 Å². The van der Waals surface area contributed by atoms with Crippen LogP contribution in [0.5, 0.6) is 0 Å². The molecule has 0 bridgehead atoms. The second-order valence-electron chi connectivity index (χ2n) is 2.99. The molecule has 0 aliphatic carbocycles. The van der Waals surface area contributed by atoms with Crippen molar-refractivity contribution in [3.63, 3.8) is 0 Å². The van der Waals surface area contributed by atoms with Gasteiger partial charge in [-0.2, -0.15) is 0 Å². The van der Waals surface area contributed by atoms with Crippen molar-refractivity contribution in [1.29, 1.82) is 0 Å². The Hall–Kier alpha value is -0.960. The second kappa shape index (κ2) is 4.92. The second-order valence-corrected chi connectivity index (χ2v) is 2.99. The smallest absolute Gasteiger partial charge is 0.123 e. The van der Waals surface area contributed by atoms with E-state index in [2.05, 4.69) is 5.32 Å². The maximum atomic E-state index is 13.0. The zero-order valence-corrected chi connectivity index (χ0v) is 7.56. The summed E-state index contributed by atoms with van der Waals surface area (Å²) in [5, 5.41) is 2.75. The minimum absolute atomic E-state index is 0.284. The molecule has 0 fully saturated rings. The van der Waals surface area contributed by atoms with Crippen LogP contribution in [0.25, 0.3) is 0 Å². The minimum Gasteiger partial charge on any atom is -0.317 e. The Morgan fingerprint density at radius 1 is 1.31 bits per heavy atom. The Morgan fingerprint density at radius 3 is 2.46 bits per heavy atom. The van der Waals surface area contributed by atoms with Crippen LogP contribution in [-0.4, -0.2) is 19.8 Å². The summed E-state index contributed by atoms with van der Waals surface area (Å²) in [5.41, 5.74) is 0.823. The number of hydrogen-bond donors (Lipinski definition) is 1. The molecule has 1 nitrogen and oxygen atoms in total. The molecule has 0 spiro atoms. The lowest BCUT2D eigenvalue weighted by Gasteiger charge is -2.06. The monoisotopic (exact) mass is 185 g/mol. The number of benzene rings is 1. The Bertz CT molecular complexity index is 246. The highest BCUT2D eigenvalue weighted by Gasteiger charge is 2.05. The van der Waals surface area contributed by atoms with E-state index >= 15 is 0 Å². The van der Waals surface area contributed by atoms with Crippen LogP contribution in [0.15, 0.2) is 24.3 Å². The molecule has 0 saturated carbocycles. The van der Waals surface area contributed by atoms with Crippen molar-refractivity contribution in [2.75, 3.05) is 13.6 Å². The molecule has 0 radical (unpaired) electrons. The molecule has 72 valence electrons. The molecule has 0 heterocycles. The first-order valence-corrected chi connectivity index (χ1v) is 4.25. The van der Waals surface area contributed by atoms with Crippen LogP contribution in [0, 0.1) is 5.82 Å². The van der Waals surface area contributed by atoms with Gasteiger partial charge in [-0.1, -0.05) is 12.1 Å². The Morgan fingerprint density at radius 2 is 1.92 bits per heavy atom. The molecular formula is C10H13F2N.